The van der Waals surface area contributed by atoms with E-state index in [1.165, 1.54) is 10.9 Å². The average molecular weight is 415 g/mol. The van der Waals surface area contributed by atoms with Crippen LogP contribution in [0.2, 0.25) is 0 Å². The van der Waals surface area contributed by atoms with E-state index in [0.717, 1.165) is 50.2 Å². The number of hydrogen-bond donors (Lipinski definition) is 2. The second-order valence-corrected chi connectivity index (χ2v) is 8.17. The third-order valence-electron chi connectivity index (χ3n) is 6.15. The fourth-order valence-electron chi connectivity index (χ4n) is 4.32. The highest BCUT2D eigenvalue weighted by molar-refractivity contribution is 5.81. The van der Waals surface area contributed by atoms with Crippen LogP contribution in [0.5, 0.6) is 0 Å². The van der Waals surface area contributed by atoms with Crippen LogP contribution < -0.4 is 21.5 Å². The molecule has 0 saturated carbocycles. The molecule has 1 aromatic heterocycles. The number of nitrogens with one attached hydrogen (secondary N) is 2. The first-order chi connectivity index (χ1) is 15.2. The van der Waals surface area contributed by atoms with E-state index >= 15 is 0 Å². The highest BCUT2D eigenvalue weighted by Crippen LogP contribution is 2.24. The van der Waals surface area contributed by atoms with Crippen LogP contribution in [0.3, 0.4) is 0 Å². The molecule has 2 heterocycles. The third-order valence-corrected chi connectivity index (χ3v) is 6.15. The summed E-state index contributed by atoms with van der Waals surface area (Å²) in [6.45, 7) is 2.91. The van der Waals surface area contributed by atoms with Crippen LogP contribution in [-0.2, 0) is 6.42 Å². The lowest BCUT2D eigenvalue weighted by atomic mass is 10.0. The van der Waals surface area contributed by atoms with Crippen molar-refractivity contribution in [1.29, 1.82) is 0 Å². The molecule has 6 heteroatoms. The van der Waals surface area contributed by atoms with Crippen LogP contribution >= 0.6 is 0 Å². The Balaban J connectivity index is 1.15. The number of para-hydroxylation sites is 2. The summed E-state index contributed by atoms with van der Waals surface area (Å²) in [5.41, 5.74) is 2.93. The molecule has 0 radical (unpaired) electrons. The Hall–Kier alpha value is -3.38. The van der Waals surface area contributed by atoms with Gasteiger partial charge in [0, 0.05) is 36.7 Å². The predicted octanol–water partition coefficient (Wildman–Crippen LogP) is 3.89. The number of likely N-dealkylation sites (tertiary alicyclic amines) is 1. The van der Waals surface area contributed by atoms with Crippen molar-refractivity contribution in [3.8, 4) is 0 Å². The molecule has 0 atom stereocenters. The lowest BCUT2D eigenvalue weighted by Crippen LogP contribution is -2.44. The van der Waals surface area contributed by atoms with Gasteiger partial charge in [-0.3, -0.25) is 9.59 Å². The SMILES string of the molecule is O=c1c(Nc2ccccc2)c(NC2CCN(CCc3coc4ccccc34)CC2)c1=O. The Morgan fingerprint density at radius 1 is 0.903 bits per heavy atom. The number of hydrogen-bond acceptors (Lipinski definition) is 6. The standard InChI is InChI=1S/C25H25N3O3/c29-24-22(26-18-6-2-1-3-7-18)23(25(24)30)27-19-11-14-28(15-12-19)13-10-17-16-31-21-9-5-4-8-20(17)21/h1-9,16,19,26-27H,10-15H2. The number of piperidine rings is 1. The summed E-state index contributed by atoms with van der Waals surface area (Å²) in [7, 11) is 0. The first-order valence-corrected chi connectivity index (χ1v) is 10.8. The summed E-state index contributed by atoms with van der Waals surface area (Å²) in [5, 5.41) is 7.60. The molecule has 0 spiro atoms. The number of nitrogens with zero attached hydrogens (tertiary/aromatic N) is 1. The van der Waals surface area contributed by atoms with Gasteiger partial charge >= 0.3 is 0 Å². The lowest BCUT2D eigenvalue weighted by Gasteiger charge is -2.33. The van der Waals surface area contributed by atoms with Crippen molar-refractivity contribution in [3.63, 3.8) is 0 Å². The van der Waals surface area contributed by atoms with Crippen LogP contribution in [0.15, 0.2) is 74.9 Å². The number of benzene rings is 2. The maximum absolute atomic E-state index is 12.1. The quantitative estimate of drug-likeness (QED) is 0.446. The highest BCUT2D eigenvalue weighted by Gasteiger charge is 2.26. The molecule has 0 bridgehead atoms. The lowest BCUT2D eigenvalue weighted by molar-refractivity contribution is 0.221. The Bertz CT molecular complexity index is 1250. The first-order valence-electron chi connectivity index (χ1n) is 10.8. The van der Waals surface area contributed by atoms with Crippen molar-refractivity contribution in [2.24, 2.45) is 0 Å². The molecule has 1 saturated heterocycles. The summed E-state index contributed by atoms with van der Waals surface area (Å²) in [6, 6.07) is 17.8. The maximum Gasteiger partial charge on any atom is 0.253 e. The van der Waals surface area contributed by atoms with Crippen molar-refractivity contribution in [3.05, 3.63) is 86.9 Å². The number of furan rings is 1. The summed E-state index contributed by atoms with van der Waals surface area (Å²) in [5.74, 6) is 0. The molecule has 6 nitrogen and oxygen atoms in total. The Morgan fingerprint density at radius 2 is 1.61 bits per heavy atom. The van der Waals surface area contributed by atoms with Gasteiger partial charge in [-0.1, -0.05) is 36.4 Å². The Kier molecular flexibility index (Phi) is 5.30. The van der Waals surface area contributed by atoms with Gasteiger partial charge in [0.15, 0.2) is 0 Å². The second-order valence-electron chi connectivity index (χ2n) is 8.17. The topological polar surface area (TPSA) is 74.6 Å². The summed E-state index contributed by atoms with van der Waals surface area (Å²) >= 11 is 0. The van der Waals surface area contributed by atoms with Gasteiger partial charge in [0.25, 0.3) is 10.9 Å². The summed E-state index contributed by atoms with van der Waals surface area (Å²) in [6.07, 6.45) is 4.70. The van der Waals surface area contributed by atoms with E-state index in [1.807, 2.05) is 54.8 Å². The molecule has 4 aromatic rings. The van der Waals surface area contributed by atoms with E-state index in [0.29, 0.717) is 11.4 Å². The average Bonchev–Trinajstić information content (AvgIpc) is 3.24. The molecule has 1 fully saturated rings. The van der Waals surface area contributed by atoms with Crippen LogP contribution in [0, 0.1) is 0 Å². The van der Waals surface area contributed by atoms with E-state index < -0.39 is 10.9 Å². The van der Waals surface area contributed by atoms with Crippen molar-refractivity contribution >= 4 is 28.0 Å². The number of rotatable bonds is 7. The van der Waals surface area contributed by atoms with Crippen molar-refractivity contribution in [2.45, 2.75) is 25.3 Å². The van der Waals surface area contributed by atoms with Crippen molar-refractivity contribution in [1.82, 2.24) is 4.90 Å². The largest absolute Gasteiger partial charge is 0.464 e. The molecule has 3 aromatic carbocycles. The monoisotopic (exact) mass is 415 g/mol. The minimum Gasteiger partial charge on any atom is -0.464 e. The van der Waals surface area contributed by atoms with Crippen molar-refractivity contribution < 1.29 is 4.42 Å². The molecule has 5 rings (SSSR count). The van der Waals surface area contributed by atoms with Gasteiger partial charge in [0.2, 0.25) is 0 Å². The fraction of sp³-hybridized carbons (Fsp3) is 0.280. The van der Waals surface area contributed by atoms with Crippen LogP contribution in [0.1, 0.15) is 18.4 Å². The molecule has 1 aliphatic rings. The van der Waals surface area contributed by atoms with E-state index in [4.69, 9.17) is 4.42 Å². The van der Waals surface area contributed by atoms with Crippen LogP contribution in [0.25, 0.3) is 11.0 Å². The van der Waals surface area contributed by atoms with Crippen LogP contribution in [0.4, 0.5) is 17.1 Å². The van der Waals surface area contributed by atoms with E-state index in [2.05, 4.69) is 21.6 Å². The molecule has 0 aliphatic carbocycles. The molecule has 0 unspecified atom stereocenters. The number of anilines is 3. The number of fused-ring (bicyclic) bond motifs is 1. The van der Waals surface area contributed by atoms with Gasteiger partial charge in [0.1, 0.15) is 17.0 Å². The minimum atomic E-state index is -0.448. The van der Waals surface area contributed by atoms with Gasteiger partial charge < -0.3 is 20.0 Å². The Labute approximate surface area is 180 Å². The maximum atomic E-state index is 12.1. The molecule has 31 heavy (non-hydrogen) atoms. The normalized spacial score (nSPS) is 15.5. The van der Waals surface area contributed by atoms with Gasteiger partial charge in [-0.25, -0.2) is 0 Å². The minimum absolute atomic E-state index is 0.200. The molecular weight excluding hydrogens is 390 g/mol. The van der Waals surface area contributed by atoms with Gasteiger partial charge in [-0.15, -0.1) is 0 Å². The third kappa shape index (κ3) is 3.99. The fourth-order valence-corrected chi connectivity index (χ4v) is 4.32. The molecule has 1 aliphatic heterocycles. The highest BCUT2D eigenvalue weighted by atomic mass is 16.3. The van der Waals surface area contributed by atoms with E-state index in [9.17, 15) is 9.59 Å². The summed E-state index contributed by atoms with van der Waals surface area (Å²) in [4.78, 5) is 26.6. The second kappa shape index (κ2) is 8.40. The van der Waals surface area contributed by atoms with Crippen molar-refractivity contribution in [2.75, 3.05) is 30.3 Å². The molecular formula is C25H25N3O3. The van der Waals surface area contributed by atoms with E-state index in [-0.39, 0.29) is 6.04 Å². The molecule has 158 valence electrons. The van der Waals surface area contributed by atoms with E-state index in [1.54, 1.807) is 0 Å². The molecule has 0 amide bonds. The zero-order valence-corrected chi connectivity index (χ0v) is 17.3. The van der Waals surface area contributed by atoms with Gasteiger partial charge in [-0.05, 0) is 43.0 Å². The van der Waals surface area contributed by atoms with Gasteiger partial charge in [0.05, 0.1) is 6.26 Å². The Morgan fingerprint density at radius 3 is 2.42 bits per heavy atom. The smallest absolute Gasteiger partial charge is 0.253 e. The summed E-state index contributed by atoms with van der Waals surface area (Å²) < 4.78 is 5.64. The van der Waals surface area contributed by atoms with Crippen LogP contribution in [-0.4, -0.2) is 30.6 Å². The van der Waals surface area contributed by atoms with Gasteiger partial charge in [-0.2, -0.15) is 0 Å². The zero-order valence-electron chi connectivity index (χ0n) is 17.3. The predicted molar refractivity (Wildman–Crippen MR) is 124 cm³/mol. The molecule has 2 N–H and O–H groups in total. The zero-order chi connectivity index (χ0) is 21.2. The first kappa shape index (κ1) is 19.6.